The molecule has 1 fully saturated rings. The van der Waals surface area contributed by atoms with Crippen LogP contribution in [0.3, 0.4) is 0 Å². The van der Waals surface area contributed by atoms with E-state index in [1.54, 1.807) is 41.4 Å². The van der Waals surface area contributed by atoms with Gasteiger partial charge in [-0.25, -0.2) is 4.98 Å². The minimum absolute atomic E-state index is 0.0161. The van der Waals surface area contributed by atoms with Gasteiger partial charge in [-0.3, -0.25) is 9.78 Å². The van der Waals surface area contributed by atoms with E-state index >= 15 is 0 Å². The fourth-order valence-electron chi connectivity index (χ4n) is 4.05. The lowest BCUT2D eigenvalue weighted by Gasteiger charge is -2.32. The van der Waals surface area contributed by atoms with Crippen molar-refractivity contribution in [3.63, 3.8) is 0 Å². The monoisotopic (exact) mass is 506 g/mol. The molecule has 0 bridgehead atoms. The fourth-order valence-corrected chi connectivity index (χ4v) is 4.40. The highest BCUT2D eigenvalue weighted by molar-refractivity contribution is 9.10. The normalized spacial score (nSPS) is 16.5. The van der Waals surface area contributed by atoms with Crippen molar-refractivity contribution in [2.45, 2.75) is 25.3 Å². The molecule has 4 aromatic rings. The van der Waals surface area contributed by atoms with Crippen LogP contribution in [0, 0.1) is 0 Å². The quantitative estimate of drug-likeness (QED) is 0.387. The Balaban J connectivity index is 1.37. The Bertz CT molecular complexity index is 1270. The zero-order valence-electron chi connectivity index (χ0n) is 17.9. The van der Waals surface area contributed by atoms with Gasteiger partial charge in [-0.15, -0.1) is 0 Å². The molecule has 1 saturated heterocycles. The number of likely N-dealkylation sites (tertiary alicyclic amines) is 1. The van der Waals surface area contributed by atoms with Crippen molar-refractivity contribution in [1.29, 1.82) is 0 Å². The highest BCUT2D eigenvalue weighted by Crippen LogP contribution is 2.30. The molecule has 1 atom stereocenters. The van der Waals surface area contributed by atoms with Crippen molar-refractivity contribution in [1.82, 2.24) is 24.5 Å². The molecule has 1 aliphatic rings. The molecule has 0 aliphatic carbocycles. The summed E-state index contributed by atoms with van der Waals surface area (Å²) in [6.07, 6.45) is 12.1. The molecule has 1 aliphatic heterocycles. The number of aromatic nitrogens is 4. The number of rotatable bonds is 6. The number of anilines is 1. The van der Waals surface area contributed by atoms with E-state index in [9.17, 15) is 4.79 Å². The van der Waals surface area contributed by atoms with Gasteiger partial charge >= 0.3 is 0 Å². The number of nitrogens with one attached hydrogen (secondary N) is 1. The summed E-state index contributed by atoms with van der Waals surface area (Å²) in [5, 5.41) is 7.92. The molecular formula is C24H23BrN6O2. The zero-order valence-corrected chi connectivity index (χ0v) is 19.5. The maximum absolute atomic E-state index is 12.8. The van der Waals surface area contributed by atoms with Gasteiger partial charge in [0.15, 0.2) is 5.65 Å². The number of carbonyl (C=O) groups is 1. The summed E-state index contributed by atoms with van der Waals surface area (Å²) in [6.45, 7) is 1.98. The van der Waals surface area contributed by atoms with Crippen molar-refractivity contribution in [3.8, 4) is 0 Å². The number of hydrogen-bond acceptors (Lipinski definition) is 6. The predicted molar refractivity (Wildman–Crippen MR) is 129 cm³/mol. The first-order valence-corrected chi connectivity index (χ1v) is 11.6. The zero-order chi connectivity index (χ0) is 22.6. The summed E-state index contributed by atoms with van der Waals surface area (Å²) >= 11 is 3.56. The summed E-state index contributed by atoms with van der Waals surface area (Å²) in [4.78, 5) is 23.7. The van der Waals surface area contributed by atoms with E-state index in [1.165, 1.54) is 0 Å². The second kappa shape index (κ2) is 9.58. The van der Waals surface area contributed by atoms with Crippen molar-refractivity contribution in [2.75, 3.05) is 18.4 Å². The van der Waals surface area contributed by atoms with Crippen LogP contribution in [0.2, 0.25) is 0 Å². The van der Waals surface area contributed by atoms with Crippen LogP contribution in [0.4, 0.5) is 5.82 Å². The number of carbonyl (C=O) groups excluding carboxylic acids is 1. The predicted octanol–water partition coefficient (Wildman–Crippen LogP) is 4.51. The molecule has 0 radical (unpaired) electrons. The Kier molecular flexibility index (Phi) is 6.21. The Morgan fingerprint density at radius 3 is 3.06 bits per heavy atom. The molecule has 33 heavy (non-hydrogen) atoms. The maximum Gasteiger partial charge on any atom is 0.246 e. The molecule has 4 aromatic heterocycles. The average Bonchev–Trinajstić information content (AvgIpc) is 3.52. The molecule has 9 heteroatoms. The lowest BCUT2D eigenvalue weighted by molar-refractivity contribution is -0.127. The number of fused-ring (bicyclic) bond motifs is 1. The van der Waals surface area contributed by atoms with Crippen LogP contribution in [0.1, 0.15) is 35.8 Å². The third-order valence-electron chi connectivity index (χ3n) is 5.73. The Hall–Kier alpha value is -3.46. The van der Waals surface area contributed by atoms with Crippen LogP contribution in [0.25, 0.3) is 11.7 Å². The number of nitrogens with zero attached hydrogens (tertiary/aromatic N) is 5. The molecule has 1 amide bonds. The molecular weight excluding hydrogens is 484 g/mol. The lowest BCUT2D eigenvalue weighted by Crippen LogP contribution is -2.38. The van der Waals surface area contributed by atoms with Gasteiger partial charge < -0.3 is 14.6 Å². The first kappa shape index (κ1) is 21.4. The molecule has 168 valence electrons. The van der Waals surface area contributed by atoms with Gasteiger partial charge in [-0.2, -0.15) is 9.61 Å². The summed E-state index contributed by atoms with van der Waals surface area (Å²) in [7, 11) is 0. The van der Waals surface area contributed by atoms with E-state index in [0.29, 0.717) is 18.8 Å². The van der Waals surface area contributed by atoms with Crippen LogP contribution >= 0.6 is 15.9 Å². The molecule has 8 nitrogen and oxygen atoms in total. The van der Waals surface area contributed by atoms with Gasteiger partial charge in [0, 0.05) is 50.1 Å². The van der Waals surface area contributed by atoms with Gasteiger partial charge in [-0.05, 0) is 58.6 Å². The first-order chi connectivity index (χ1) is 16.2. The number of halogens is 1. The number of pyridine rings is 1. The molecule has 0 saturated carbocycles. The van der Waals surface area contributed by atoms with Gasteiger partial charge in [0.1, 0.15) is 11.6 Å². The summed E-state index contributed by atoms with van der Waals surface area (Å²) in [5.74, 6) is 1.65. The topological polar surface area (TPSA) is 88.6 Å². The smallest absolute Gasteiger partial charge is 0.246 e. The van der Waals surface area contributed by atoms with Crippen LogP contribution in [-0.2, 0) is 11.3 Å². The van der Waals surface area contributed by atoms with E-state index in [-0.39, 0.29) is 11.8 Å². The van der Waals surface area contributed by atoms with E-state index < -0.39 is 0 Å². The number of furan rings is 1. The lowest BCUT2D eigenvalue weighted by atomic mass is 9.94. The van der Waals surface area contributed by atoms with Gasteiger partial charge in [0.25, 0.3) is 0 Å². The SMILES string of the molecule is O=C(/C=C/c1ccco1)N1CCCC(c2cc(NCc3cccnc3)n3ncc(Br)c3n2)C1. The van der Waals surface area contributed by atoms with Crippen molar-refractivity contribution in [2.24, 2.45) is 0 Å². The van der Waals surface area contributed by atoms with Gasteiger partial charge in [-0.1, -0.05) is 6.07 Å². The Labute approximate surface area is 199 Å². The molecule has 1 N–H and O–H groups in total. The summed E-state index contributed by atoms with van der Waals surface area (Å²) < 4.78 is 7.91. The largest absolute Gasteiger partial charge is 0.465 e. The van der Waals surface area contributed by atoms with Crippen LogP contribution in [0.5, 0.6) is 0 Å². The van der Waals surface area contributed by atoms with E-state index in [4.69, 9.17) is 9.40 Å². The summed E-state index contributed by atoms with van der Waals surface area (Å²) in [5.41, 5.74) is 2.78. The highest BCUT2D eigenvalue weighted by Gasteiger charge is 2.26. The van der Waals surface area contributed by atoms with Crippen molar-refractivity contribution in [3.05, 3.63) is 82.8 Å². The minimum atomic E-state index is -0.0161. The van der Waals surface area contributed by atoms with Crippen molar-refractivity contribution >= 4 is 39.4 Å². The Morgan fingerprint density at radius 2 is 2.24 bits per heavy atom. The molecule has 0 spiro atoms. The second-order valence-electron chi connectivity index (χ2n) is 7.98. The van der Waals surface area contributed by atoms with E-state index in [1.807, 2.05) is 35.4 Å². The Morgan fingerprint density at radius 1 is 1.30 bits per heavy atom. The number of hydrogen-bond donors (Lipinski definition) is 1. The van der Waals surface area contributed by atoms with Gasteiger partial charge in [0.2, 0.25) is 5.91 Å². The fraction of sp³-hybridized carbons (Fsp3) is 0.250. The second-order valence-corrected chi connectivity index (χ2v) is 8.84. The van der Waals surface area contributed by atoms with Crippen LogP contribution in [-0.4, -0.2) is 43.5 Å². The number of piperidine rings is 1. The number of amides is 1. The van der Waals surface area contributed by atoms with E-state index in [0.717, 1.165) is 46.6 Å². The molecule has 5 heterocycles. The highest BCUT2D eigenvalue weighted by atomic mass is 79.9. The summed E-state index contributed by atoms with van der Waals surface area (Å²) in [6, 6.07) is 9.62. The average molecular weight is 507 g/mol. The maximum atomic E-state index is 12.8. The first-order valence-electron chi connectivity index (χ1n) is 10.8. The van der Waals surface area contributed by atoms with Gasteiger partial charge in [0.05, 0.1) is 22.6 Å². The standard InChI is InChI=1S/C24H23BrN6O2/c25-20-15-28-31-22(27-14-17-4-1-9-26-13-17)12-21(29-24(20)31)18-5-2-10-30(16-18)23(32)8-7-19-6-3-11-33-19/h1,3-4,6-9,11-13,15,18,27H,2,5,10,14,16H2/b8-7+. The van der Waals surface area contributed by atoms with Crippen molar-refractivity contribution < 1.29 is 9.21 Å². The molecule has 0 aromatic carbocycles. The molecule has 1 unspecified atom stereocenters. The van der Waals surface area contributed by atoms with Crippen LogP contribution < -0.4 is 5.32 Å². The minimum Gasteiger partial charge on any atom is -0.465 e. The third kappa shape index (κ3) is 4.83. The van der Waals surface area contributed by atoms with Crippen LogP contribution in [0.15, 0.2) is 70.2 Å². The van der Waals surface area contributed by atoms with E-state index in [2.05, 4.69) is 31.3 Å². The molecule has 5 rings (SSSR count). The third-order valence-corrected chi connectivity index (χ3v) is 6.29.